The minimum atomic E-state index is -0.565. The first-order chi connectivity index (χ1) is 19.0. The van der Waals surface area contributed by atoms with Crippen LogP contribution >= 0.6 is 11.9 Å². The van der Waals surface area contributed by atoms with Crippen LogP contribution in [0, 0.1) is 5.82 Å². The molecule has 1 aliphatic rings. The first-order valence-corrected chi connectivity index (χ1v) is 13.2. The normalized spacial score (nSPS) is 13.3. The van der Waals surface area contributed by atoms with Gasteiger partial charge in [-0.25, -0.2) is 4.39 Å². The molecule has 2 amide bonds. The molecule has 3 heterocycles. The summed E-state index contributed by atoms with van der Waals surface area (Å²) in [4.78, 5) is 32.9. The van der Waals surface area contributed by atoms with E-state index in [-0.39, 0.29) is 34.4 Å². The molecule has 4 aromatic rings. The van der Waals surface area contributed by atoms with E-state index in [0.717, 1.165) is 5.56 Å². The maximum absolute atomic E-state index is 14.8. The van der Waals surface area contributed by atoms with Gasteiger partial charge in [-0.2, -0.15) is 0 Å². The van der Waals surface area contributed by atoms with Gasteiger partial charge in [-0.05, 0) is 47.8 Å². The molecule has 0 bridgehead atoms. The summed E-state index contributed by atoms with van der Waals surface area (Å²) in [6.45, 7) is 1.90. The zero-order valence-corrected chi connectivity index (χ0v) is 21.6. The second-order valence-corrected chi connectivity index (χ2v) is 9.67. The van der Waals surface area contributed by atoms with Gasteiger partial charge in [0.1, 0.15) is 11.6 Å². The average Bonchev–Trinajstić information content (AvgIpc) is 2.97. The fourth-order valence-electron chi connectivity index (χ4n) is 4.21. The molecule has 1 fully saturated rings. The van der Waals surface area contributed by atoms with Gasteiger partial charge in [0, 0.05) is 54.8 Å². The van der Waals surface area contributed by atoms with Crippen LogP contribution in [-0.2, 0) is 5.75 Å². The fourth-order valence-corrected chi connectivity index (χ4v) is 4.87. The number of piperazine rings is 1. The zero-order chi connectivity index (χ0) is 27.2. The molecule has 0 saturated carbocycles. The number of nitrogens with one attached hydrogen (secondary N) is 1. The number of halogens is 1. The minimum absolute atomic E-state index is 0.0645. The molecular weight excluding hydrogens is 519 g/mol. The van der Waals surface area contributed by atoms with Crippen molar-refractivity contribution in [1.82, 2.24) is 24.8 Å². The van der Waals surface area contributed by atoms with Crippen LogP contribution in [0.4, 0.5) is 10.2 Å². The molecule has 0 unspecified atom stereocenters. The van der Waals surface area contributed by atoms with Gasteiger partial charge in [0.15, 0.2) is 11.5 Å². The maximum Gasteiger partial charge on any atom is 0.281 e. The highest BCUT2D eigenvalue weighted by molar-refractivity contribution is 7.97. The molecule has 1 saturated heterocycles. The predicted molar refractivity (Wildman–Crippen MR) is 147 cm³/mol. The number of anilines is 1. The van der Waals surface area contributed by atoms with Crippen molar-refractivity contribution in [2.75, 3.05) is 31.1 Å². The number of pyridine rings is 1. The number of carbonyl (C=O) groups excluding carboxylic acids is 2. The summed E-state index contributed by atoms with van der Waals surface area (Å²) in [6.07, 6.45) is 2.72. The largest absolute Gasteiger partial charge is 0.506 e. The Balaban J connectivity index is 1.13. The van der Waals surface area contributed by atoms with Gasteiger partial charge in [-0.1, -0.05) is 36.4 Å². The number of hydrogen-bond acceptors (Lipinski definition) is 8. The van der Waals surface area contributed by atoms with Crippen LogP contribution in [-0.4, -0.2) is 63.2 Å². The molecule has 11 heteroatoms. The standard InChI is InChI=1S/C28H25FN6O3S/c29-24-15-20(6-7-23(24)21-14-22(36)17-30-16-21)28(38)35-12-10-34(11-13-35)26-9-8-25(31-32-26)27(37)33-39-18-19-4-2-1-3-5-19/h1-9,14-17,36H,10-13,18H2,(H,33,37). The van der Waals surface area contributed by atoms with Gasteiger partial charge < -0.3 is 14.9 Å². The molecule has 0 spiro atoms. The number of aromatic nitrogens is 3. The van der Waals surface area contributed by atoms with Crippen molar-refractivity contribution < 1.29 is 19.1 Å². The molecule has 0 radical (unpaired) electrons. The Hall–Kier alpha value is -4.51. The van der Waals surface area contributed by atoms with Crippen LogP contribution in [0.1, 0.15) is 26.4 Å². The molecule has 5 rings (SSSR count). The Labute approximate surface area is 228 Å². The number of carbonyl (C=O) groups is 2. The lowest BCUT2D eigenvalue weighted by atomic mass is 10.0. The SMILES string of the molecule is O=C(NSCc1ccccc1)c1ccc(N2CCN(C(=O)c3ccc(-c4cncc(O)c4)c(F)c3)CC2)nn1. The second kappa shape index (κ2) is 11.9. The molecule has 198 valence electrons. The summed E-state index contributed by atoms with van der Waals surface area (Å²) in [7, 11) is 0. The molecule has 39 heavy (non-hydrogen) atoms. The molecular formula is C28H25FN6O3S. The zero-order valence-electron chi connectivity index (χ0n) is 20.8. The highest BCUT2D eigenvalue weighted by Crippen LogP contribution is 2.26. The highest BCUT2D eigenvalue weighted by Gasteiger charge is 2.24. The van der Waals surface area contributed by atoms with E-state index in [0.29, 0.717) is 43.3 Å². The van der Waals surface area contributed by atoms with Gasteiger partial charge in [0.2, 0.25) is 0 Å². The van der Waals surface area contributed by atoms with E-state index < -0.39 is 5.82 Å². The average molecular weight is 545 g/mol. The van der Waals surface area contributed by atoms with Crippen molar-refractivity contribution in [3.63, 3.8) is 0 Å². The molecule has 1 aliphatic heterocycles. The summed E-state index contributed by atoms with van der Waals surface area (Å²) < 4.78 is 17.6. The van der Waals surface area contributed by atoms with Crippen molar-refractivity contribution in [2.45, 2.75) is 5.75 Å². The van der Waals surface area contributed by atoms with Crippen LogP contribution < -0.4 is 9.62 Å². The molecule has 2 N–H and O–H groups in total. The van der Waals surface area contributed by atoms with Crippen molar-refractivity contribution in [1.29, 1.82) is 0 Å². The third kappa shape index (κ3) is 6.32. The molecule has 9 nitrogen and oxygen atoms in total. The van der Waals surface area contributed by atoms with Gasteiger partial charge in [-0.3, -0.25) is 19.3 Å². The quantitative estimate of drug-likeness (QED) is 0.337. The third-order valence-electron chi connectivity index (χ3n) is 6.27. The maximum atomic E-state index is 14.8. The summed E-state index contributed by atoms with van der Waals surface area (Å²) in [5, 5.41) is 17.9. The van der Waals surface area contributed by atoms with Crippen molar-refractivity contribution in [2.24, 2.45) is 0 Å². The lowest BCUT2D eigenvalue weighted by Crippen LogP contribution is -2.49. The van der Waals surface area contributed by atoms with E-state index in [1.807, 2.05) is 35.2 Å². The van der Waals surface area contributed by atoms with Crippen LogP contribution in [0.3, 0.4) is 0 Å². The lowest BCUT2D eigenvalue weighted by Gasteiger charge is -2.35. The van der Waals surface area contributed by atoms with Crippen molar-refractivity contribution in [3.05, 3.63) is 102 Å². The summed E-state index contributed by atoms with van der Waals surface area (Å²) >= 11 is 1.29. The molecule has 2 aromatic carbocycles. The number of benzene rings is 2. The highest BCUT2D eigenvalue weighted by atomic mass is 32.2. The van der Waals surface area contributed by atoms with Crippen LogP contribution in [0.5, 0.6) is 5.75 Å². The Bertz CT molecular complexity index is 1460. The second-order valence-electron chi connectivity index (χ2n) is 8.89. The predicted octanol–water partition coefficient (Wildman–Crippen LogP) is 3.92. The van der Waals surface area contributed by atoms with Crippen LogP contribution in [0.2, 0.25) is 0 Å². The van der Waals surface area contributed by atoms with Crippen LogP contribution in [0.15, 0.2) is 79.1 Å². The van der Waals surface area contributed by atoms with Crippen molar-refractivity contribution in [3.8, 4) is 16.9 Å². The van der Waals surface area contributed by atoms with E-state index in [2.05, 4.69) is 19.9 Å². The number of rotatable bonds is 7. The summed E-state index contributed by atoms with van der Waals surface area (Å²) in [6, 6.07) is 18.9. The molecule has 0 aliphatic carbocycles. The van der Waals surface area contributed by atoms with E-state index in [1.165, 1.54) is 42.5 Å². The van der Waals surface area contributed by atoms with Gasteiger partial charge in [0.25, 0.3) is 11.8 Å². The Kier molecular flexibility index (Phi) is 7.97. The summed E-state index contributed by atoms with van der Waals surface area (Å²) in [5.74, 6) is 0.0532. The van der Waals surface area contributed by atoms with Crippen LogP contribution in [0.25, 0.3) is 11.1 Å². The number of aromatic hydroxyl groups is 1. The van der Waals surface area contributed by atoms with Gasteiger partial charge in [0.05, 0.1) is 6.20 Å². The fraction of sp³-hybridized carbons (Fsp3) is 0.179. The third-order valence-corrected chi connectivity index (χ3v) is 7.08. The Morgan fingerprint density at radius 3 is 2.44 bits per heavy atom. The number of amides is 2. The smallest absolute Gasteiger partial charge is 0.281 e. The van der Waals surface area contributed by atoms with Gasteiger partial charge in [-0.15, -0.1) is 10.2 Å². The van der Waals surface area contributed by atoms with Crippen molar-refractivity contribution >= 4 is 29.6 Å². The first-order valence-electron chi connectivity index (χ1n) is 12.3. The van der Waals surface area contributed by atoms with Gasteiger partial charge >= 0.3 is 0 Å². The van der Waals surface area contributed by atoms with E-state index in [9.17, 15) is 19.1 Å². The van der Waals surface area contributed by atoms with E-state index >= 15 is 0 Å². The minimum Gasteiger partial charge on any atom is -0.506 e. The number of hydrogen-bond donors (Lipinski definition) is 2. The first kappa shape index (κ1) is 26.1. The molecule has 2 aromatic heterocycles. The van der Waals surface area contributed by atoms with E-state index in [1.54, 1.807) is 23.1 Å². The number of nitrogens with zero attached hydrogens (tertiary/aromatic N) is 5. The monoisotopic (exact) mass is 544 g/mol. The Morgan fingerprint density at radius 1 is 0.949 bits per heavy atom. The Morgan fingerprint density at radius 2 is 1.74 bits per heavy atom. The lowest BCUT2D eigenvalue weighted by molar-refractivity contribution is 0.0745. The summed E-state index contributed by atoms with van der Waals surface area (Å²) in [5.41, 5.74) is 2.26. The topological polar surface area (TPSA) is 112 Å². The molecule has 0 atom stereocenters. The van der Waals surface area contributed by atoms with E-state index in [4.69, 9.17) is 0 Å².